The molecule has 12 heteroatoms. The smallest absolute Gasteiger partial charge is 0.305 e. The summed E-state index contributed by atoms with van der Waals surface area (Å²) in [4.78, 5) is 35.4. The van der Waals surface area contributed by atoms with Gasteiger partial charge in [-0.25, -0.2) is 0 Å². The van der Waals surface area contributed by atoms with Gasteiger partial charge in [-0.2, -0.15) is 0 Å². The third-order valence-electron chi connectivity index (χ3n) is 4.55. The Hall–Kier alpha value is -2.61. The van der Waals surface area contributed by atoms with Gasteiger partial charge in [0.2, 0.25) is 5.91 Å². The second kappa shape index (κ2) is 12.9. The summed E-state index contributed by atoms with van der Waals surface area (Å²) in [6.07, 6.45) is -6.89. The van der Waals surface area contributed by atoms with Crippen LogP contribution in [-0.4, -0.2) is 92.0 Å². The molecule has 0 spiro atoms. The normalized spacial score (nSPS) is 17.0. The lowest BCUT2D eigenvalue weighted by Crippen LogP contribution is -2.58. The third-order valence-corrected chi connectivity index (χ3v) is 4.55. The molecular weight excluding hydrogens is 414 g/mol. The molecule has 0 saturated heterocycles. The predicted molar refractivity (Wildman–Crippen MR) is 106 cm³/mol. The van der Waals surface area contributed by atoms with Crippen LogP contribution in [0.25, 0.3) is 0 Å². The number of carboxylic acid groups (broad SMARTS) is 1. The Morgan fingerprint density at radius 1 is 0.935 bits per heavy atom. The van der Waals surface area contributed by atoms with E-state index in [1.165, 1.54) is 0 Å². The molecule has 0 unspecified atom stereocenters. The third kappa shape index (κ3) is 8.20. The van der Waals surface area contributed by atoms with Crippen molar-refractivity contribution in [2.24, 2.45) is 5.73 Å². The van der Waals surface area contributed by atoms with Gasteiger partial charge in [0.05, 0.1) is 31.2 Å². The highest BCUT2D eigenvalue weighted by atomic mass is 16.4. The van der Waals surface area contributed by atoms with Crippen LogP contribution in [-0.2, 0) is 14.4 Å². The largest absolute Gasteiger partial charge is 0.481 e. The first-order valence-electron chi connectivity index (χ1n) is 9.51. The molecular formula is C19H29N3O9. The summed E-state index contributed by atoms with van der Waals surface area (Å²) >= 11 is 0. The molecule has 1 rings (SSSR count). The van der Waals surface area contributed by atoms with Crippen LogP contribution >= 0.6 is 0 Å². The molecule has 1 aromatic rings. The van der Waals surface area contributed by atoms with Crippen LogP contribution in [0, 0.1) is 0 Å². The molecule has 1 aromatic carbocycles. The molecule has 0 bridgehead atoms. The lowest BCUT2D eigenvalue weighted by molar-refractivity contribution is -0.145. The standard InChI is InChI=1S/C19H29N3O9/c20-11(6-7-23)18(30)22-13(9-24)15(27)16(28)17(29)19(31)21-12(8-14(25)26)10-4-2-1-3-5-10/h1-5,11-13,15-17,23-24,27-29H,6-9,20H2,(H,21,31)(H,22,30)(H,25,26)/t11-,12-,13-,15+,16+,17-/m0/s1. The van der Waals surface area contributed by atoms with Crippen molar-refractivity contribution in [1.82, 2.24) is 10.6 Å². The summed E-state index contributed by atoms with van der Waals surface area (Å²) in [5.41, 5.74) is 5.95. The Balaban J connectivity index is 2.83. The first-order chi connectivity index (χ1) is 14.6. The summed E-state index contributed by atoms with van der Waals surface area (Å²) < 4.78 is 0. The first kappa shape index (κ1) is 26.4. The molecule has 12 nitrogen and oxygen atoms in total. The zero-order valence-corrected chi connectivity index (χ0v) is 16.7. The number of aliphatic hydroxyl groups is 5. The van der Waals surface area contributed by atoms with Crippen molar-refractivity contribution in [2.45, 2.75) is 49.3 Å². The highest BCUT2D eigenvalue weighted by Crippen LogP contribution is 2.17. The Labute approximate surface area is 178 Å². The number of hydrogen-bond donors (Lipinski definition) is 9. The summed E-state index contributed by atoms with van der Waals surface area (Å²) in [6.45, 7) is -1.23. The minimum Gasteiger partial charge on any atom is -0.481 e. The number of hydrogen-bond acceptors (Lipinski definition) is 9. The van der Waals surface area contributed by atoms with E-state index in [4.69, 9.17) is 15.9 Å². The van der Waals surface area contributed by atoms with Gasteiger partial charge in [-0.15, -0.1) is 0 Å². The van der Waals surface area contributed by atoms with Crippen molar-refractivity contribution >= 4 is 17.8 Å². The van der Waals surface area contributed by atoms with E-state index in [1.807, 2.05) is 0 Å². The molecule has 0 aliphatic heterocycles. The van der Waals surface area contributed by atoms with Crippen LogP contribution in [0.4, 0.5) is 0 Å². The average Bonchev–Trinajstić information content (AvgIpc) is 2.75. The zero-order chi connectivity index (χ0) is 23.6. The molecule has 6 atom stereocenters. The van der Waals surface area contributed by atoms with Gasteiger partial charge in [0.25, 0.3) is 5.91 Å². The van der Waals surface area contributed by atoms with Crippen LogP contribution in [0.2, 0.25) is 0 Å². The monoisotopic (exact) mass is 443 g/mol. The number of nitrogens with two attached hydrogens (primary N) is 1. The second-order valence-electron chi connectivity index (χ2n) is 6.91. The topological polar surface area (TPSA) is 223 Å². The number of carbonyl (C=O) groups is 3. The number of rotatable bonds is 13. The summed E-state index contributed by atoms with van der Waals surface area (Å²) in [6, 6.07) is 4.45. The molecule has 31 heavy (non-hydrogen) atoms. The number of amides is 2. The molecule has 0 heterocycles. The van der Waals surface area contributed by atoms with Crippen molar-refractivity contribution < 1.29 is 45.0 Å². The van der Waals surface area contributed by atoms with Crippen molar-refractivity contribution in [1.29, 1.82) is 0 Å². The lowest BCUT2D eigenvalue weighted by atomic mass is 9.99. The van der Waals surface area contributed by atoms with Crippen molar-refractivity contribution in [3.8, 4) is 0 Å². The Morgan fingerprint density at radius 3 is 2.06 bits per heavy atom. The van der Waals surface area contributed by atoms with E-state index < -0.39 is 67.2 Å². The van der Waals surface area contributed by atoms with E-state index in [0.29, 0.717) is 5.56 Å². The number of benzene rings is 1. The summed E-state index contributed by atoms with van der Waals surface area (Å²) in [7, 11) is 0. The quantitative estimate of drug-likeness (QED) is 0.147. The van der Waals surface area contributed by atoms with Gasteiger partial charge in [-0.05, 0) is 12.0 Å². The Morgan fingerprint density at radius 2 is 1.55 bits per heavy atom. The second-order valence-corrected chi connectivity index (χ2v) is 6.91. The molecule has 2 amide bonds. The van der Waals surface area contributed by atoms with E-state index >= 15 is 0 Å². The maximum atomic E-state index is 12.4. The molecule has 10 N–H and O–H groups in total. The maximum Gasteiger partial charge on any atom is 0.305 e. The molecule has 0 saturated carbocycles. The van der Waals surface area contributed by atoms with Crippen molar-refractivity contribution in [2.75, 3.05) is 13.2 Å². The molecule has 174 valence electrons. The van der Waals surface area contributed by atoms with Gasteiger partial charge in [-0.3, -0.25) is 14.4 Å². The Bertz CT molecular complexity index is 719. The minimum absolute atomic E-state index is 0.0852. The number of carbonyl (C=O) groups excluding carboxylic acids is 2. The van der Waals surface area contributed by atoms with Gasteiger partial charge >= 0.3 is 5.97 Å². The molecule has 0 aromatic heterocycles. The van der Waals surface area contributed by atoms with Crippen molar-refractivity contribution in [3.05, 3.63) is 35.9 Å². The van der Waals surface area contributed by atoms with Gasteiger partial charge in [0.1, 0.15) is 12.2 Å². The highest BCUT2D eigenvalue weighted by Gasteiger charge is 2.37. The van der Waals surface area contributed by atoms with Gasteiger partial charge < -0.3 is 47.0 Å². The van der Waals surface area contributed by atoms with Crippen LogP contribution in [0.3, 0.4) is 0 Å². The lowest BCUT2D eigenvalue weighted by Gasteiger charge is -2.30. The van der Waals surface area contributed by atoms with Gasteiger partial charge in [0, 0.05) is 6.61 Å². The van der Waals surface area contributed by atoms with Crippen molar-refractivity contribution in [3.63, 3.8) is 0 Å². The van der Waals surface area contributed by atoms with Crippen LogP contribution in [0.1, 0.15) is 24.4 Å². The van der Waals surface area contributed by atoms with E-state index in [2.05, 4.69) is 10.6 Å². The zero-order valence-electron chi connectivity index (χ0n) is 16.7. The van der Waals surface area contributed by atoms with E-state index in [1.54, 1.807) is 30.3 Å². The number of aliphatic carboxylic acids is 1. The fraction of sp³-hybridized carbons (Fsp3) is 0.526. The van der Waals surface area contributed by atoms with Crippen LogP contribution in [0.5, 0.6) is 0 Å². The van der Waals surface area contributed by atoms with Crippen LogP contribution in [0.15, 0.2) is 30.3 Å². The highest BCUT2D eigenvalue weighted by molar-refractivity contribution is 5.83. The number of nitrogens with one attached hydrogen (secondary N) is 2. The average molecular weight is 443 g/mol. The maximum absolute atomic E-state index is 12.4. The molecule has 0 aliphatic carbocycles. The van der Waals surface area contributed by atoms with Crippen LogP contribution < -0.4 is 16.4 Å². The number of carboxylic acids is 1. The fourth-order valence-electron chi connectivity index (χ4n) is 2.75. The predicted octanol–water partition coefficient (Wildman–Crippen LogP) is -3.41. The van der Waals surface area contributed by atoms with Gasteiger partial charge in [-0.1, -0.05) is 30.3 Å². The summed E-state index contributed by atoms with van der Waals surface area (Å²) in [5, 5.41) is 62.2. The van der Waals surface area contributed by atoms with E-state index in [0.717, 1.165) is 0 Å². The SMILES string of the molecule is N[C@@H](CCO)C(=O)N[C@@H](CO)[C@@H](O)[C@@H](O)[C@H](O)C(=O)N[C@@H](CC(=O)O)c1ccccc1. The first-order valence-corrected chi connectivity index (χ1v) is 9.51. The molecule has 0 fully saturated rings. The number of aliphatic hydroxyl groups excluding tert-OH is 5. The van der Waals surface area contributed by atoms with E-state index in [9.17, 15) is 34.8 Å². The Kier molecular flexibility index (Phi) is 11.0. The van der Waals surface area contributed by atoms with Gasteiger partial charge in [0.15, 0.2) is 6.10 Å². The van der Waals surface area contributed by atoms with E-state index in [-0.39, 0.29) is 13.0 Å². The minimum atomic E-state index is -2.20. The fourth-order valence-corrected chi connectivity index (χ4v) is 2.75. The summed E-state index contributed by atoms with van der Waals surface area (Å²) in [5.74, 6) is -3.21. The molecule has 0 aliphatic rings. The molecule has 0 radical (unpaired) electrons.